The Morgan fingerprint density at radius 2 is 1.08 bits per heavy atom. The first-order chi connectivity index (χ1) is 11.9. The Morgan fingerprint density at radius 1 is 0.542 bits per heavy atom. The molecule has 0 spiro atoms. The normalized spacial score (nSPS) is 13.8. The predicted molar refractivity (Wildman–Crippen MR) is 101 cm³/mol. The molecule has 1 aliphatic rings. The van der Waals surface area contributed by atoms with Gasteiger partial charge in [-0.05, 0) is 36.4 Å². The standard InChI is InChI=1S/C22H18N2/c1-4-11-19(12-5-1)22-17-10-18-23(20-13-6-2-7-14-20)24(22)21-15-8-3-9-16-21/h1-18H. The molecule has 0 atom stereocenters. The summed E-state index contributed by atoms with van der Waals surface area (Å²) in [6, 6.07) is 31.3. The Balaban J connectivity index is 1.84. The van der Waals surface area contributed by atoms with Gasteiger partial charge in [-0.2, -0.15) is 0 Å². The zero-order valence-corrected chi connectivity index (χ0v) is 13.3. The first-order valence-corrected chi connectivity index (χ1v) is 8.07. The van der Waals surface area contributed by atoms with E-state index < -0.39 is 0 Å². The Kier molecular flexibility index (Phi) is 3.86. The molecule has 0 radical (unpaired) electrons. The number of hydrogen-bond acceptors (Lipinski definition) is 2. The minimum Gasteiger partial charge on any atom is -0.256 e. The molecule has 0 N–H and O–H groups in total. The van der Waals surface area contributed by atoms with E-state index in [1.165, 1.54) is 5.56 Å². The van der Waals surface area contributed by atoms with Crippen molar-refractivity contribution in [3.8, 4) is 0 Å². The topological polar surface area (TPSA) is 6.48 Å². The number of benzene rings is 3. The molecule has 0 aromatic heterocycles. The lowest BCUT2D eigenvalue weighted by Gasteiger charge is -2.39. The number of nitrogens with zero attached hydrogens (tertiary/aromatic N) is 2. The summed E-state index contributed by atoms with van der Waals surface area (Å²) in [6.45, 7) is 0. The molecule has 4 rings (SSSR count). The van der Waals surface area contributed by atoms with Crippen molar-refractivity contribution in [3.05, 3.63) is 115 Å². The Morgan fingerprint density at radius 3 is 1.71 bits per heavy atom. The molecule has 1 aliphatic heterocycles. The first-order valence-electron chi connectivity index (χ1n) is 8.07. The quantitative estimate of drug-likeness (QED) is 0.632. The van der Waals surface area contributed by atoms with E-state index in [1.54, 1.807) is 0 Å². The lowest BCUT2D eigenvalue weighted by Crippen LogP contribution is -2.39. The molecule has 0 aliphatic carbocycles. The third-order valence-electron chi connectivity index (χ3n) is 4.02. The number of allylic oxidation sites excluding steroid dienone is 2. The molecule has 3 aromatic rings. The Labute approximate surface area is 142 Å². The molecule has 0 unspecified atom stereocenters. The van der Waals surface area contributed by atoms with Gasteiger partial charge in [0.05, 0.1) is 17.1 Å². The van der Waals surface area contributed by atoms with Crippen LogP contribution in [0.2, 0.25) is 0 Å². The van der Waals surface area contributed by atoms with E-state index in [0.29, 0.717) is 0 Å². The van der Waals surface area contributed by atoms with Crippen LogP contribution in [0.4, 0.5) is 11.4 Å². The van der Waals surface area contributed by atoms with Gasteiger partial charge in [0.25, 0.3) is 0 Å². The van der Waals surface area contributed by atoms with Crippen molar-refractivity contribution in [2.75, 3.05) is 10.0 Å². The molecule has 0 amide bonds. The summed E-state index contributed by atoms with van der Waals surface area (Å²) in [5.74, 6) is 0. The second kappa shape index (κ2) is 6.47. The highest BCUT2D eigenvalue weighted by Crippen LogP contribution is 2.33. The maximum absolute atomic E-state index is 2.24. The van der Waals surface area contributed by atoms with Crippen molar-refractivity contribution in [1.29, 1.82) is 0 Å². The lowest BCUT2D eigenvalue weighted by molar-refractivity contribution is 0.979. The maximum atomic E-state index is 2.24. The third-order valence-corrected chi connectivity index (χ3v) is 4.02. The van der Waals surface area contributed by atoms with Crippen LogP contribution in [0.1, 0.15) is 5.56 Å². The highest BCUT2D eigenvalue weighted by atomic mass is 15.6. The third kappa shape index (κ3) is 2.70. The summed E-state index contributed by atoms with van der Waals surface area (Å²) in [6.07, 6.45) is 6.34. The zero-order valence-electron chi connectivity index (χ0n) is 13.3. The molecule has 1 heterocycles. The molecule has 24 heavy (non-hydrogen) atoms. The van der Waals surface area contributed by atoms with Gasteiger partial charge < -0.3 is 0 Å². The fraction of sp³-hybridized carbons (Fsp3) is 0. The molecular weight excluding hydrogens is 292 g/mol. The van der Waals surface area contributed by atoms with Crippen LogP contribution < -0.4 is 10.0 Å². The second-order valence-corrected chi connectivity index (χ2v) is 5.59. The predicted octanol–water partition coefficient (Wildman–Crippen LogP) is 5.48. The molecule has 2 heteroatoms. The summed E-state index contributed by atoms with van der Waals surface area (Å²) in [7, 11) is 0. The van der Waals surface area contributed by atoms with Crippen molar-refractivity contribution in [3.63, 3.8) is 0 Å². The van der Waals surface area contributed by atoms with Gasteiger partial charge in [0, 0.05) is 11.8 Å². The van der Waals surface area contributed by atoms with E-state index in [9.17, 15) is 0 Å². The first kappa shape index (κ1) is 14.3. The molecule has 3 aromatic carbocycles. The number of hydrazine groups is 1. The molecule has 0 saturated carbocycles. The highest BCUT2D eigenvalue weighted by Gasteiger charge is 2.22. The molecule has 0 saturated heterocycles. The van der Waals surface area contributed by atoms with Crippen LogP contribution >= 0.6 is 0 Å². The molecular formula is C22H18N2. The number of anilines is 2. The van der Waals surface area contributed by atoms with Gasteiger partial charge >= 0.3 is 0 Å². The van der Waals surface area contributed by atoms with E-state index in [4.69, 9.17) is 0 Å². The van der Waals surface area contributed by atoms with Gasteiger partial charge in [0.1, 0.15) is 0 Å². The molecule has 0 bridgehead atoms. The highest BCUT2D eigenvalue weighted by molar-refractivity contribution is 5.85. The van der Waals surface area contributed by atoms with Gasteiger partial charge in [-0.3, -0.25) is 5.01 Å². The summed E-state index contributed by atoms with van der Waals surface area (Å²) in [5, 5.41) is 4.42. The fourth-order valence-electron chi connectivity index (χ4n) is 2.91. The molecule has 0 fully saturated rings. The van der Waals surface area contributed by atoms with Crippen LogP contribution in [0.5, 0.6) is 0 Å². The lowest BCUT2D eigenvalue weighted by atomic mass is 10.1. The van der Waals surface area contributed by atoms with Crippen LogP contribution in [0.15, 0.2) is 109 Å². The molecule has 2 nitrogen and oxygen atoms in total. The van der Waals surface area contributed by atoms with E-state index in [0.717, 1.165) is 17.1 Å². The van der Waals surface area contributed by atoms with Crippen molar-refractivity contribution < 1.29 is 0 Å². The minimum absolute atomic E-state index is 1.12. The van der Waals surface area contributed by atoms with Crippen LogP contribution in [0.3, 0.4) is 0 Å². The number of hydrogen-bond donors (Lipinski definition) is 0. The van der Waals surface area contributed by atoms with E-state index >= 15 is 0 Å². The largest absolute Gasteiger partial charge is 0.256 e. The molecule has 116 valence electrons. The van der Waals surface area contributed by atoms with E-state index in [2.05, 4.69) is 101 Å². The summed E-state index contributed by atoms with van der Waals surface area (Å²) in [5.41, 5.74) is 4.58. The van der Waals surface area contributed by atoms with Crippen molar-refractivity contribution in [2.45, 2.75) is 0 Å². The maximum Gasteiger partial charge on any atom is 0.0709 e. The van der Waals surface area contributed by atoms with Crippen molar-refractivity contribution in [1.82, 2.24) is 0 Å². The van der Waals surface area contributed by atoms with Crippen molar-refractivity contribution >= 4 is 17.1 Å². The average molecular weight is 310 g/mol. The van der Waals surface area contributed by atoms with E-state index in [-0.39, 0.29) is 0 Å². The van der Waals surface area contributed by atoms with E-state index in [1.807, 2.05) is 18.2 Å². The van der Waals surface area contributed by atoms with Crippen LogP contribution in [-0.4, -0.2) is 0 Å². The average Bonchev–Trinajstić information content (AvgIpc) is 2.69. The van der Waals surface area contributed by atoms with Crippen LogP contribution in [0, 0.1) is 0 Å². The summed E-state index contributed by atoms with van der Waals surface area (Å²) >= 11 is 0. The minimum atomic E-state index is 1.12. The summed E-state index contributed by atoms with van der Waals surface area (Å²) in [4.78, 5) is 0. The second-order valence-electron chi connectivity index (χ2n) is 5.59. The Bertz CT molecular complexity index is 852. The zero-order chi connectivity index (χ0) is 16.2. The fourth-order valence-corrected chi connectivity index (χ4v) is 2.91. The van der Waals surface area contributed by atoms with Crippen molar-refractivity contribution in [2.24, 2.45) is 0 Å². The number of para-hydroxylation sites is 2. The van der Waals surface area contributed by atoms with Gasteiger partial charge in [0.2, 0.25) is 0 Å². The van der Waals surface area contributed by atoms with Gasteiger partial charge in [0.15, 0.2) is 0 Å². The smallest absolute Gasteiger partial charge is 0.0709 e. The van der Waals surface area contributed by atoms with Crippen LogP contribution in [0.25, 0.3) is 5.70 Å². The van der Waals surface area contributed by atoms with Crippen LogP contribution in [-0.2, 0) is 0 Å². The number of rotatable bonds is 3. The Hall–Kier alpha value is -3.26. The van der Waals surface area contributed by atoms with Gasteiger partial charge in [-0.15, -0.1) is 0 Å². The summed E-state index contributed by atoms with van der Waals surface area (Å²) < 4.78 is 0. The SMILES string of the molecule is C1=CN(c2ccccc2)N(c2ccccc2)C(c2ccccc2)=C1. The van der Waals surface area contributed by atoms with Gasteiger partial charge in [-0.25, -0.2) is 5.01 Å². The monoisotopic (exact) mass is 310 g/mol. The van der Waals surface area contributed by atoms with Gasteiger partial charge in [-0.1, -0.05) is 66.7 Å².